The van der Waals surface area contributed by atoms with Gasteiger partial charge in [0.15, 0.2) is 0 Å². The molecule has 1 fully saturated rings. The number of rotatable bonds is 5. The van der Waals surface area contributed by atoms with E-state index in [1.807, 2.05) is 13.0 Å². The van der Waals surface area contributed by atoms with E-state index in [2.05, 4.69) is 4.90 Å². The smallest absolute Gasteiger partial charge is 0.345 e. The lowest BCUT2D eigenvalue weighted by Gasteiger charge is -2.32. The summed E-state index contributed by atoms with van der Waals surface area (Å²) in [5.74, 6) is -0.836. The van der Waals surface area contributed by atoms with Gasteiger partial charge in [-0.05, 0) is 38.4 Å². The quantitative estimate of drug-likeness (QED) is 0.892. The van der Waals surface area contributed by atoms with Crippen molar-refractivity contribution in [3.05, 3.63) is 21.9 Å². The van der Waals surface area contributed by atoms with Gasteiger partial charge in [0.2, 0.25) is 0 Å². The van der Waals surface area contributed by atoms with E-state index < -0.39 is 5.97 Å². The van der Waals surface area contributed by atoms with Crippen LogP contribution in [0, 0.1) is 0 Å². The molecule has 5 heteroatoms. The third-order valence-corrected chi connectivity index (χ3v) is 4.17. The van der Waals surface area contributed by atoms with Crippen LogP contribution >= 0.6 is 11.3 Å². The van der Waals surface area contributed by atoms with E-state index in [0.717, 1.165) is 44.0 Å². The second-order valence-electron chi connectivity index (χ2n) is 4.53. The number of thiophene rings is 1. The third kappa shape index (κ3) is 3.54. The molecule has 0 radical (unpaired) electrons. The number of carboxylic acid groups (broad SMARTS) is 1. The maximum Gasteiger partial charge on any atom is 0.345 e. The summed E-state index contributed by atoms with van der Waals surface area (Å²) in [5.41, 5.74) is 0. The van der Waals surface area contributed by atoms with Crippen LogP contribution in [-0.4, -0.2) is 41.8 Å². The summed E-state index contributed by atoms with van der Waals surface area (Å²) in [5, 5.41) is 8.89. The number of nitrogens with zero attached hydrogens (tertiary/aromatic N) is 1. The lowest BCUT2D eigenvalue weighted by atomic mass is 10.1. The van der Waals surface area contributed by atoms with Gasteiger partial charge in [-0.25, -0.2) is 4.79 Å². The van der Waals surface area contributed by atoms with Gasteiger partial charge in [-0.3, -0.25) is 4.90 Å². The number of piperidine rings is 1. The van der Waals surface area contributed by atoms with Gasteiger partial charge in [0.05, 0.1) is 6.10 Å². The van der Waals surface area contributed by atoms with Crippen LogP contribution in [0.1, 0.15) is 34.3 Å². The second kappa shape index (κ2) is 6.31. The third-order valence-electron chi connectivity index (χ3n) is 3.12. The number of likely N-dealkylation sites (tertiary alicyclic amines) is 1. The summed E-state index contributed by atoms with van der Waals surface area (Å²) >= 11 is 1.37. The zero-order chi connectivity index (χ0) is 13.0. The molecule has 2 heterocycles. The van der Waals surface area contributed by atoms with E-state index in [4.69, 9.17) is 9.84 Å². The molecule has 0 aromatic carbocycles. The molecule has 0 spiro atoms. The Morgan fingerprint density at radius 3 is 3.11 bits per heavy atom. The normalized spacial score (nSPS) is 21.1. The highest BCUT2D eigenvalue weighted by Crippen LogP contribution is 2.21. The number of ether oxygens (including phenoxy) is 1. The van der Waals surface area contributed by atoms with Crippen molar-refractivity contribution in [1.82, 2.24) is 4.90 Å². The van der Waals surface area contributed by atoms with Gasteiger partial charge in [-0.2, -0.15) is 0 Å². The van der Waals surface area contributed by atoms with E-state index in [-0.39, 0.29) is 0 Å². The van der Waals surface area contributed by atoms with Gasteiger partial charge in [0.25, 0.3) is 0 Å². The Kier molecular flexibility index (Phi) is 4.74. The van der Waals surface area contributed by atoms with Crippen LogP contribution in [-0.2, 0) is 11.3 Å². The number of hydrogen-bond acceptors (Lipinski definition) is 4. The van der Waals surface area contributed by atoms with E-state index in [1.54, 1.807) is 6.07 Å². The highest BCUT2D eigenvalue weighted by atomic mass is 32.1. The molecule has 0 bridgehead atoms. The van der Waals surface area contributed by atoms with Crippen LogP contribution in [0.15, 0.2) is 12.1 Å². The second-order valence-corrected chi connectivity index (χ2v) is 5.69. The van der Waals surface area contributed by atoms with Gasteiger partial charge < -0.3 is 9.84 Å². The maximum absolute atomic E-state index is 10.8. The fourth-order valence-corrected chi connectivity index (χ4v) is 3.22. The lowest BCUT2D eigenvalue weighted by Crippen LogP contribution is -2.39. The summed E-state index contributed by atoms with van der Waals surface area (Å²) in [7, 11) is 0. The highest BCUT2D eigenvalue weighted by Gasteiger charge is 2.20. The average Bonchev–Trinajstić information content (AvgIpc) is 2.78. The first kappa shape index (κ1) is 13.5. The molecule has 1 aliphatic rings. The molecule has 0 aliphatic carbocycles. The van der Waals surface area contributed by atoms with Gasteiger partial charge in [0.1, 0.15) is 4.88 Å². The Labute approximate surface area is 111 Å². The molecule has 1 unspecified atom stereocenters. The average molecular weight is 269 g/mol. The lowest BCUT2D eigenvalue weighted by molar-refractivity contribution is 0.00389. The van der Waals surface area contributed by atoms with E-state index >= 15 is 0 Å². The zero-order valence-corrected chi connectivity index (χ0v) is 11.4. The largest absolute Gasteiger partial charge is 0.477 e. The van der Waals surface area contributed by atoms with Gasteiger partial charge >= 0.3 is 5.97 Å². The van der Waals surface area contributed by atoms with Crippen molar-refractivity contribution in [3.63, 3.8) is 0 Å². The first-order valence-corrected chi connectivity index (χ1v) is 7.16. The van der Waals surface area contributed by atoms with Crippen molar-refractivity contribution in [2.45, 2.75) is 32.4 Å². The monoisotopic (exact) mass is 269 g/mol. The van der Waals surface area contributed by atoms with Crippen molar-refractivity contribution >= 4 is 17.3 Å². The Morgan fingerprint density at radius 2 is 2.44 bits per heavy atom. The predicted octanol–water partition coefficient (Wildman–Crippen LogP) is 2.45. The summed E-state index contributed by atoms with van der Waals surface area (Å²) in [6, 6.07) is 3.60. The van der Waals surface area contributed by atoms with Crippen LogP contribution in [0.4, 0.5) is 0 Å². The van der Waals surface area contributed by atoms with Crippen LogP contribution in [0.2, 0.25) is 0 Å². The molecule has 1 atom stereocenters. The molecule has 1 aromatic rings. The Balaban J connectivity index is 1.89. The van der Waals surface area contributed by atoms with Crippen molar-refractivity contribution < 1.29 is 14.6 Å². The van der Waals surface area contributed by atoms with E-state index in [0.29, 0.717) is 11.0 Å². The first-order valence-electron chi connectivity index (χ1n) is 6.35. The van der Waals surface area contributed by atoms with Crippen LogP contribution in [0.25, 0.3) is 0 Å². The summed E-state index contributed by atoms with van der Waals surface area (Å²) in [4.78, 5) is 14.7. The van der Waals surface area contributed by atoms with Crippen molar-refractivity contribution in [2.75, 3.05) is 19.7 Å². The Bertz CT molecular complexity index is 403. The molecule has 0 amide bonds. The Hall–Kier alpha value is -0.910. The van der Waals surface area contributed by atoms with E-state index in [1.165, 1.54) is 11.3 Å². The minimum Gasteiger partial charge on any atom is -0.477 e. The molecule has 100 valence electrons. The highest BCUT2D eigenvalue weighted by molar-refractivity contribution is 7.13. The maximum atomic E-state index is 10.8. The van der Waals surface area contributed by atoms with Crippen molar-refractivity contribution in [3.8, 4) is 0 Å². The molecule has 0 saturated carbocycles. The summed E-state index contributed by atoms with van der Waals surface area (Å²) in [6.07, 6.45) is 2.62. The molecule has 4 nitrogen and oxygen atoms in total. The zero-order valence-electron chi connectivity index (χ0n) is 10.6. The standard InChI is InChI=1S/C13H19NO3S/c1-2-17-10-4-3-7-14(8-10)9-11-5-6-12(18-11)13(15)16/h5-6,10H,2-4,7-9H2,1H3,(H,15,16). The summed E-state index contributed by atoms with van der Waals surface area (Å²) in [6.45, 7) is 5.65. The van der Waals surface area contributed by atoms with Gasteiger partial charge in [0, 0.05) is 24.6 Å². The van der Waals surface area contributed by atoms with Crippen molar-refractivity contribution in [2.24, 2.45) is 0 Å². The molecular formula is C13H19NO3S. The van der Waals surface area contributed by atoms with Crippen molar-refractivity contribution in [1.29, 1.82) is 0 Å². The minimum atomic E-state index is -0.836. The van der Waals surface area contributed by atoms with Crippen LogP contribution < -0.4 is 0 Å². The van der Waals surface area contributed by atoms with Gasteiger partial charge in [-0.1, -0.05) is 0 Å². The topological polar surface area (TPSA) is 49.8 Å². The molecule has 1 aromatic heterocycles. The molecular weight excluding hydrogens is 250 g/mol. The van der Waals surface area contributed by atoms with Crippen LogP contribution in [0.3, 0.4) is 0 Å². The Morgan fingerprint density at radius 1 is 1.61 bits per heavy atom. The number of aromatic carboxylic acids is 1. The number of carboxylic acids is 1. The molecule has 1 N–H and O–H groups in total. The minimum absolute atomic E-state index is 0.336. The van der Waals surface area contributed by atoms with Gasteiger partial charge in [-0.15, -0.1) is 11.3 Å². The van der Waals surface area contributed by atoms with Crippen LogP contribution in [0.5, 0.6) is 0 Å². The predicted molar refractivity (Wildman–Crippen MR) is 71.2 cm³/mol. The molecule has 18 heavy (non-hydrogen) atoms. The fraction of sp³-hybridized carbons (Fsp3) is 0.615. The molecule has 2 rings (SSSR count). The van der Waals surface area contributed by atoms with E-state index in [9.17, 15) is 4.79 Å². The SMILES string of the molecule is CCOC1CCCN(Cc2ccc(C(=O)O)s2)C1. The molecule has 1 aliphatic heterocycles. The number of hydrogen-bond donors (Lipinski definition) is 1. The first-order chi connectivity index (χ1) is 8.69. The fourth-order valence-electron chi connectivity index (χ4n) is 2.33. The molecule has 1 saturated heterocycles. The summed E-state index contributed by atoms with van der Waals surface area (Å²) < 4.78 is 5.66. The number of carbonyl (C=O) groups is 1.